The van der Waals surface area contributed by atoms with Crippen LogP contribution in [-0.4, -0.2) is 29.4 Å². The molecular formula is C27H22ClN3O4. The van der Waals surface area contributed by atoms with E-state index >= 15 is 0 Å². The monoisotopic (exact) mass is 487 g/mol. The Bertz CT molecular complexity index is 1330. The molecule has 1 saturated heterocycles. The van der Waals surface area contributed by atoms with Gasteiger partial charge in [0.05, 0.1) is 30.9 Å². The SMILES string of the molecule is CCOC(=O)[C@]1(C#N)[C@H](c2ccco2)[C@@H](C(=O)Nc2ccc(Cl)cc2)N2C=Cc3ccccc3[C@H]21. The number of rotatable bonds is 5. The second-order valence-corrected chi connectivity index (χ2v) is 8.87. The van der Waals surface area contributed by atoms with Crippen molar-refractivity contribution < 1.29 is 18.7 Å². The van der Waals surface area contributed by atoms with Crippen LogP contribution in [-0.2, 0) is 14.3 Å². The van der Waals surface area contributed by atoms with Gasteiger partial charge in [-0.1, -0.05) is 35.9 Å². The molecule has 35 heavy (non-hydrogen) atoms. The lowest BCUT2D eigenvalue weighted by Crippen LogP contribution is -2.42. The summed E-state index contributed by atoms with van der Waals surface area (Å²) < 4.78 is 11.2. The van der Waals surface area contributed by atoms with Crippen LogP contribution < -0.4 is 5.32 Å². The summed E-state index contributed by atoms with van der Waals surface area (Å²) in [4.78, 5) is 29.3. The molecule has 3 aromatic rings. The van der Waals surface area contributed by atoms with E-state index in [-0.39, 0.29) is 12.5 Å². The molecule has 3 heterocycles. The van der Waals surface area contributed by atoms with Crippen LogP contribution in [0.4, 0.5) is 5.69 Å². The molecule has 2 aliphatic rings. The highest BCUT2D eigenvalue weighted by Gasteiger charge is 2.69. The molecule has 0 spiro atoms. The van der Waals surface area contributed by atoms with E-state index in [2.05, 4.69) is 11.4 Å². The molecule has 0 aliphatic carbocycles. The molecule has 2 aromatic carbocycles. The highest BCUT2D eigenvalue weighted by molar-refractivity contribution is 6.30. The van der Waals surface area contributed by atoms with Crippen molar-refractivity contribution in [2.45, 2.75) is 24.9 Å². The van der Waals surface area contributed by atoms with Gasteiger partial charge < -0.3 is 19.4 Å². The molecule has 5 rings (SSSR count). The number of carbonyl (C=O) groups excluding carboxylic acids is 2. The summed E-state index contributed by atoms with van der Waals surface area (Å²) >= 11 is 6.00. The average Bonchev–Trinajstić information content (AvgIpc) is 3.50. The number of nitrogens with one attached hydrogen (secondary N) is 1. The summed E-state index contributed by atoms with van der Waals surface area (Å²) in [5, 5.41) is 14.1. The van der Waals surface area contributed by atoms with Crippen molar-refractivity contribution in [2.24, 2.45) is 5.41 Å². The molecule has 8 heteroatoms. The largest absolute Gasteiger partial charge is 0.469 e. The summed E-state index contributed by atoms with van der Waals surface area (Å²) in [7, 11) is 0. The Morgan fingerprint density at radius 3 is 2.63 bits per heavy atom. The fraction of sp³-hybridized carbons (Fsp3) is 0.222. The molecule has 1 amide bonds. The second-order valence-electron chi connectivity index (χ2n) is 8.43. The lowest BCUT2D eigenvalue weighted by Gasteiger charge is -2.35. The first-order chi connectivity index (χ1) is 17.0. The number of furan rings is 1. The summed E-state index contributed by atoms with van der Waals surface area (Å²) in [6.45, 7) is 1.79. The number of esters is 1. The second kappa shape index (κ2) is 8.97. The lowest BCUT2D eigenvalue weighted by atomic mass is 9.68. The van der Waals surface area contributed by atoms with E-state index in [1.54, 1.807) is 54.4 Å². The van der Waals surface area contributed by atoms with Gasteiger partial charge in [0.15, 0.2) is 5.41 Å². The Hall–Kier alpha value is -4.02. The lowest BCUT2D eigenvalue weighted by molar-refractivity contribution is -0.154. The topological polar surface area (TPSA) is 95.6 Å². The molecular weight excluding hydrogens is 466 g/mol. The van der Waals surface area contributed by atoms with Gasteiger partial charge in [-0.2, -0.15) is 5.26 Å². The average molecular weight is 488 g/mol. The van der Waals surface area contributed by atoms with Gasteiger partial charge in [0.2, 0.25) is 5.91 Å². The van der Waals surface area contributed by atoms with E-state index in [0.29, 0.717) is 16.5 Å². The molecule has 4 atom stereocenters. The quantitative estimate of drug-likeness (QED) is 0.501. The zero-order valence-corrected chi connectivity index (χ0v) is 19.6. The highest BCUT2D eigenvalue weighted by atomic mass is 35.5. The van der Waals surface area contributed by atoms with Gasteiger partial charge in [0.25, 0.3) is 0 Å². The third-order valence-corrected chi connectivity index (χ3v) is 6.85. The van der Waals surface area contributed by atoms with Crippen molar-refractivity contribution in [3.63, 3.8) is 0 Å². The van der Waals surface area contributed by atoms with Crippen LogP contribution in [0.3, 0.4) is 0 Å². The number of nitrogens with zero attached hydrogens (tertiary/aromatic N) is 2. The molecule has 176 valence electrons. The molecule has 0 radical (unpaired) electrons. The summed E-state index contributed by atoms with van der Waals surface area (Å²) in [6, 6.07) is 18.2. The molecule has 0 saturated carbocycles. The van der Waals surface area contributed by atoms with Crippen LogP contribution >= 0.6 is 11.6 Å². The first kappa shape index (κ1) is 22.8. The molecule has 0 unspecified atom stereocenters. The number of fused-ring (bicyclic) bond motifs is 3. The minimum absolute atomic E-state index is 0.0962. The van der Waals surface area contributed by atoms with Crippen molar-refractivity contribution in [3.05, 3.63) is 95.0 Å². The van der Waals surface area contributed by atoms with Crippen LogP contribution in [0.15, 0.2) is 77.5 Å². The van der Waals surface area contributed by atoms with Crippen LogP contribution in [0, 0.1) is 16.7 Å². The number of benzene rings is 2. The van der Waals surface area contributed by atoms with Crippen molar-refractivity contribution in [2.75, 3.05) is 11.9 Å². The Balaban J connectivity index is 1.70. The molecule has 0 bridgehead atoms. The molecule has 1 N–H and O–H groups in total. The minimum Gasteiger partial charge on any atom is -0.469 e. The van der Waals surface area contributed by atoms with Crippen LogP contribution in [0.2, 0.25) is 5.02 Å². The van der Waals surface area contributed by atoms with Crippen molar-refractivity contribution in [1.29, 1.82) is 5.26 Å². The Labute approximate surface area is 207 Å². The number of nitriles is 1. The number of amides is 1. The Morgan fingerprint density at radius 1 is 1.17 bits per heavy atom. The fourth-order valence-electron chi connectivity index (χ4n) is 5.20. The predicted octanol–water partition coefficient (Wildman–Crippen LogP) is 5.14. The zero-order valence-electron chi connectivity index (χ0n) is 18.9. The molecule has 1 fully saturated rings. The molecule has 2 aliphatic heterocycles. The van der Waals surface area contributed by atoms with Gasteiger partial charge in [0, 0.05) is 16.9 Å². The summed E-state index contributed by atoms with van der Waals surface area (Å²) in [5.41, 5.74) is 0.440. The number of hydrogen-bond donors (Lipinski definition) is 1. The summed E-state index contributed by atoms with van der Waals surface area (Å²) in [5.74, 6) is -1.65. The van der Waals surface area contributed by atoms with E-state index in [0.717, 1.165) is 11.1 Å². The Kier molecular flexibility index (Phi) is 5.83. The fourth-order valence-corrected chi connectivity index (χ4v) is 5.33. The van der Waals surface area contributed by atoms with E-state index < -0.39 is 29.4 Å². The van der Waals surface area contributed by atoms with Gasteiger partial charge >= 0.3 is 5.97 Å². The van der Waals surface area contributed by atoms with Crippen LogP contribution in [0.25, 0.3) is 6.08 Å². The number of anilines is 1. The third-order valence-electron chi connectivity index (χ3n) is 6.60. The van der Waals surface area contributed by atoms with Crippen LogP contribution in [0.5, 0.6) is 0 Å². The summed E-state index contributed by atoms with van der Waals surface area (Å²) in [6.07, 6.45) is 5.12. The molecule has 1 aromatic heterocycles. The predicted molar refractivity (Wildman–Crippen MR) is 130 cm³/mol. The van der Waals surface area contributed by atoms with Gasteiger partial charge in [-0.25, -0.2) is 0 Å². The zero-order chi connectivity index (χ0) is 24.6. The van der Waals surface area contributed by atoms with E-state index in [4.69, 9.17) is 20.8 Å². The number of carbonyl (C=O) groups is 2. The maximum absolute atomic E-state index is 13.8. The number of hydrogen-bond acceptors (Lipinski definition) is 6. The van der Waals surface area contributed by atoms with Gasteiger partial charge in [-0.3, -0.25) is 9.59 Å². The minimum atomic E-state index is -1.74. The van der Waals surface area contributed by atoms with E-state index in [1.807, 2.05) is 30.3 Å². The van der Waals surface area contributed by atoms with Crippen molar-refractivity contribution in [1.82, 2.24) is 4.90 Å². The van der Waals surface area contributed by atoms with Gasteiger partial charge in [-0.05, 0) is 60.5 Å². The Morgan fingerprint density at radius 2 is 1.94 bits per heavy atom. The van der Waals surface area contributed by atoms with Crippen molar-refractivity contribution >= 4 is 35.2 Å². The smallest absolute Gasteiger partial charge is 0.329 e. The standard InChI is InChI=1S/C27H22ClN3O4/c1-2-34-26(33)27(16-29)22(21-8-5-15-35-21)23(25(32)30-19-11-9-18(28)10-12-19)31-14-13-17-6-3-4-7-20(17)24(27)31/h3-15,22-24H,2H2,1H3,(H,30,32)/t22-,23+,24+,27-/m1/s1. The highest BCUT2D eigenvalue weighted by Crippen LogP contribution is 2.60. The van der Waals surface area contributed by atoms with Gasteiger partial charge in [-0.15, -0.1) is 0 Å². The number of ether oxygens (including phenoxy) is 1. The first-order valence-corrected chi connectivity index (χ1v) is 11.6. The first-order valence-electron chi connectivity index (χ1n) is 11.2. The van der Waals surface area contributed by atoms with E-state index in [1.165, 1.54) is 6.26 Å². The molecule has 7 nitrogen and oxygen atoms in total. The third kappa shape index (κ3) is 3.58. The van der Waals surface area contributed by atoms with E-state index in [9.17, 15) is 14.9 Å². The maximum atomic E-state index is 13.8. The normalized spacial score (nSPS) is 24.3. The maximum Gasteiger partial charge on any atom is 0.329 e. The van der Waals surface area contributed by atoms with Gasteiger partial charge in [0.1, 0.15) is 11.8 Å². The van der Waals surface area contributed by atoms with Crippen LogP contribution in [0.1, 0.15) is 35.8 Å². The number of halogens is 1. The van der Waals surface area contributed by atoms with Crippen molar-refractivity contribution in [3.8, 4) is 6.07 Å².